The number of nitrogens with one attached hydrogen (secondary N) is 1. The Balaban J connectivity index is 2.20. The van der Waals surface area contributed by atoms with E-state index in [2.05, 4.69) is 9.71 Å². The van der Waals surface area contributed by atoms with Crippen molar-refractivity contribution in [1.82, 2.24) is 14.3 Å². The molecule has 0 aliphatic rings. The minimum atomic E-state index is -3.78. The number of hydrogen-bond acceptors (Lipinski definition) is 4. The lowest BCUT2D eigenvalue weighted by atomic mass is 10.2. The molecule has 0 saturated heterocycles. The Morgan fingerprint density at radius 2 is 2.20 bits per heavy atom. The quantitative estimate of drug-likeness (QED) is 0.841. The summed E-state index contributed by atoms with van der Waals surface area (Å²) in [6, 6.07) is 5.18. The molecule has 0 saturated carbocycles. The first-order valence-corrected chi connectivity index (χ1v) is 7.18. The van der Waals surface area contributed by atoms with Crippen molar-refractivity contribution in [3.8, 4) is 0 Å². The van der Waals surface area contributed by atoms with Crippen molar-refractivity contribution >= 4 is 16.0 Å². The van der Waals surface area contributed by atoms with Gasteiger partial charge in [-0.2, -0.15) is 0 Å². The van der Waals surface area contributed by atoms with Crippen LogP contribution < -0.4 is 4.72 Å². The maximum Gasteiger partial charge on any atom is 0.335 e. The summed E-state index contributed by atoms with van der Waals surface area (Å²) in [4.78, 5) is 14.7. The van der Waals surface area contributed by atoms with Crippen molar-refractivity contribution in [2.75, 3.05) is 0 Å². The van der Waals surface area contributed by atoms with Crippen LogP contribution >= 0.6 is 0 Å². The molecule has 0 aliphatic heterocycles. The van der Waals surface area contributed by atoms with E-state index in [1.165, 1.54) is 18.2 Å². The minimum absolute atomic E-state index is 0.0309. The molecule has 8 heteroatoms. The first-order chi connectivity index (χ1) is 9.40. The Labute approximate surface area is 115 Å². The van der Waals surface area contributed by atoms with Gasteiger partial charge in [-0.3, -0.25) is 0 Å². The molecule has 2 N–H and O–H groups in total. The van der Waals surface area contributed by atoms with Crippen LogP contribution in [0.25, 0.3) is 0 Å². The largest absolute Gasteiger partial charge is 0.478 e. The van der Waals surface area contributed by atoms with Crippen LogP contribution in [-0.4, -0.2) is 29.0 Å². The average molecular weight is 295 g/mol. The maximum atomic E-state index is 12.1. The van der Waals surface area contributed by atoms with Crippen LogP contribution in [0.15, 0.2) is 41.6 Å². The summed E-state index contributed by atoms with van der Waals surface area (Å²) in [6.45, 7) is 0.0309. The van der Waals surface area contributed by atoms with E-state index in [4.69, 9.17) is 5.11 Å². The summed E-state index contributed by atoms with van der Waals surface area (Å²) in [5.41, 5.74) is -0.0788. The van der Waals surface area contributed by atoms with Gasteiger partial charge in [0.1, 0.15) is 5.82 Å². The highest BCUT2D eigenvalue weighted by Gasteiger charge is 2.16. The molecule has 0 bridgehead atoms. The van der Waals surface area contributed by atoms with Gasteiger partial charge >= 0.3 is 5.97 Å². The molecule has 0 radical (unpaired) electrons. The summed E-state index contributed by atoms with van der Waals surface area (Å²) in [7, 11) is -2.02. The van der Waals surface area contributed by atoms with Crippen molar-refractivity contribution in [2.24, 2.45) is 7.05 Å². The second kappa shape index (κ2) is 5.43. The predicted molar refractivity (Wildman–Crippen MR) is 70.6 cm³/mol. The number of aryl methyl sites for hydroxylation is 1. The Morgan fingerprint density at radius 3 is 2.80 bits per heavy atom. The fraction of sp³-hybridized carbons (Fsp3) is 0.167. The molecule has 1 aromatic heterocycles. The molecular weight excluding hydrogens is 282 g/mol. The zero-order valence-electron chi connectivity index (χ0n) is 10.6. The summed E-state index contributed by atoms with van der Waals surface area (Å²) < 4.78 is 28.2. The van der Waals surface area contributed by atoms with Crippen LogP contribution in [-0.2, 0) is 23.6 Å². The molecule has 2 rings (SSSR count). The number of rotatable bonds is 5. The second-order valence-electron chi connectivity index (χ2n) is 4.11. The highest BCUT2D eigenvalue weighted by Crippen LogP contribution is 2.12. The topological polar surface area (TPSA) is 101 Å². The van der Waals surface area contributed by atoms with Gasteiger partial charge in [-0.1, -0.05) is 6.07 Å². The Bertz CT molecular complexity index is 737. The van der Waals surface area contributed by atoms with Crippen molar-refractivity contribution in [3.63, 3.8) is 0 Å². The molecule has 0 spiro atoms. The molecule has 7 nitrogen and oxygen atoms in total. The number of nitrogens with zero attached hydrogens (tertiary/aromatic N) is 2. The van der Waals surface area contributed by atoms with Crippen molar-refractivity contribution in [3.05, 3.63) is 48.0 Å². The van der Waals surface area contributed by atoms with Crippen LogP contribution in [0.3, 0.4) is 0 Å². The highest BCUT2D eigenvalue weighted by atomic mass is 32.2. The van der Waals surface area contributed by atoms with Gasteiger partial charge in [-0.15, -0.1) is 0 Å². The third kappa shape index (κ3) is 3.03. The maximum absolute atomic E-state index is 12.1. The summed E-state index contributed by atoms with van der Waals surface area (Å²) in [5.74, 6) is -0.617. The van der Waals surface area contributed by atoms with Crippen LogP contribution in [0.2, 0.25) is 0 Å². The van der Waals surface area contributed by atoms with Gasteiger partial charge in [0, 0.05) is 19.4 Å². The number of carboxylic acid groups (broad SMARTS) is 1. The van der Waals surface area contributed by atoms with Crippen LogP contribution in [0.4, 0.5) is 0 Å². The monoisotopic (exact) mass is 295 g/mol. The number of carbonyl (C=O) groups is 1. The van der Waals surface area contributed by atoms with Crippen molar-refractivity contribution in [2.45, 2.75) is 11.4 Å². The molecule has 0 aliphatic carbocycles. The van der Waals surface area contributed by atoms with Crippen molar-refractivity contribution in [1.29, 1.82) is 0 Å². The number of benzene rings is 1. The number of sulfonamides is 1. The standard InChI is InChI=1S/C12H13N3O4S/c1-15-6-5-13-11(15)8-14-20(18,19)10-4-2-3-9(7-10)12(16)17/h2-7,14H,8H2,1H3,(H,16,17). The van der Waals surface area contributed by atoms with E-state index in [-0.39, 0.29) is 17.0 Å². The lowest BCUT2D eigenvalue weighted by molar-refractivity contribution is 0.0696. The number of aromatic nitrogens is 2. The van der Waals surface area contributed by atoms with Gasteiger partial charge in [0.05, 0.1) is 17.0 Å². The van der Waals surface area contributed by atoms with E-state index in [1.807, 2.05) is 0 Å². The van der Waals surface area contributed by atoms with E-state index in [1.54, 1.807) is 24.0 Å². The fourth-order valence-corrected chi connectivity index (χ4v) is 2.63. The van der Waals surface area contributed by atoms with Gasteiger partial charge in [0.15, 0.2) is 0 Å². The fourth-order valence-electron chi connectivity index (χ4n) is 1.61. The van der Waals surface area contributed by atoms with Crippen LogP contribution in [0.5, 0.6) is 0 Å². The zero-order valence-corrected chi connectivity index (χ0v) is 11.5. The Kier molecular flexibility index (Phi) is 3.86. The van der Waals surface area contributed by atoms with Crippen LogP contribution in [0.1, 0.15) is 16.2 Å². The lowest BCUT2D eigenvalue weighted by Gasteiger charge is -2.07. The lowest BCUT2D eigenvalue weighted by Crippen LogP contribution is -2.25. The third-order valence-electron chi connectivity index (χ3n) is 2.73. The first-order valence-electron chi connectivity index (χ1n) is 5.69. The SMILES string of the molecule is Cn1ccnc1CNS(=O)(=O)c1cccc(C(=O)O)c1. The smallest absolute Gasteiger partial charge is 0.335 e. The minimum Gasteiger partial charge on any atom is -0.478 e. The molecule has 0 fully saturated rings. The zero-order chi connectivity index (χ0) is 14.8. The molecule has 0 unspecified atom stereocenters. The van der Waals surface area contributed by atoms with Gasteiger partial charge in [-0.05, 0) is 18.2 Å². The van der Waals surface area contributed by atoms with E-state index in [0.717, 1.165) is 6.07 Å². The molecule has 106 valence electrons. The molecule has 0 amide bonds. The van der Waals surface area contributed by atoms with Gasteiger partial charge in [0.25, 0.3) is 0 Å². The number of imidazole rings is 1. The highest BCUT2D eigenvalue weighted by molar-refractivity contribution is 7.89. The van der Waals surface area contributed by atoms with E-state index in [9.17, 15) is 13.2 Å². The molecule has 0 atom stereocenters. The average Bonchev–Trinajstić information content (AvgIpc) is 2.82. The van der Waals surface area contributed by atoms with Crippen LogP contribution in [0, 0.1) is 0 Å². The van der Waals surface area contributed by atoms with Gasteiger partial charge in [0.2, 0.25) is 10.0 Å². The molecule has 1 heterocycles. The number of aromatic carboxylic acids is 1. The van der Waals surface area contributed by atoms with E-state index >= 15 is 0 Å². The number of hydrogen-bond donors (Lipinski definition) is 2. The molecule has 20 heavy (non-hydrogen) atoms. The Hall–Kier alpha value is -2.19. The molecule has 1 aromatic carbocycles. The van der Waals surface area contributed by atoms with Crippen molar-refractivity contribution < 1.29 is 18.3 Å². The Morgan fingerprint density at radius 1 is 1.45 bits per heavy atom. The van der Waals surface area contributed by atoms with E-state index < -0.39 is 16.0 Å². The third-order valence-corrected chi connectivity index (χ3v) is 4.13. The first kappa shape index (κ1) is 14.2. The van der Waals surface area contributed by atoms with Gasteiger partial charge in [-0.25, -0.2) is 22.9 Å². The molecule has 2 aromatic rings. The summed E-state index contributed by atoms with van der Waals surface area (Å²) >= 11 is 0. The van der Waals surface area contributed by atoms with E-state index in [0.29, 0.717) is 5.82 Å². The normalized spacial score (nSPS) is 11.4. The number of carboxylic acids is 1. The predicted octanol–water partition coefficient (Wildman–Crippen LogP) is 0.597. The molecular formula is C12H13N3O4S. The summed E-state index contributed by atoms with van der Waals surface area (Å²) in [5, 5.41) is 8.86. The van der Waals surface area contributed by atoms with Gasteiger partial charge < -0.3 is 9.67 Å². The summed E-state index contributed by atoms with van der Waals surface area (Å²) in [6.07, 6.45) is 3.27. The second-order valence-corrected chi connectivity index (χ2v) is 5.88.